The van der Waals surface area contributed by atoms with Gasteiger partial charge in [0.05, 0.1) is 0 Å². The zero-order chi connectivity index (χ0) is 16.7. The number of carbonyl (C=O) groups excluding carboxylic acids is 2. The first-order valence-electron chi connectivity index (χ1n) is 7.37. The molecule has 4 nitrogen and oxygen atoms in total. The highest BCUT2D eigenvalue weighted by molar-refractivity contribution is 7.98. The van der Waals surface area contributed by atoms with Crippen molar-refractivity contribution >= 4 is 29.3 Å². The van der Waals surface area contributed by atoms with Gasteiger partial charge in [0.15, 0.2) is 5.78 Å². The second-order valence-electron chi connectivity index (χ2n) is 5.15. The van der Waals surface area contributed by atoms with E-state index in [1.807, 2.05) is 61.7 Å². The highest BCUT2D eigenvalue weighted by Crippen LogP contribution is 2.18. The van der Waals surface area contributed by atoms with E-state index >= 15 is 0 Å². The van der Waals surface area contributed by atoms with E-state index in [0.29, 0.717) is 12.1 Å². The number of amides is 2. The lowest BCUT2D eigenvalue weighted by Crippen LogP contribution is -2.30. The Morgan fingerprint density at radius 1 is 1.09 bits per heavy atom. The number of thioether (sulfide) groups is 1. The molecule has 23 heavy (non-hydrogen) atoms. The minimum Gasteiger partial charge on any atom is -0.337 e. The number of benzene rings is 2. The molecule has 0 fully saturated rings. The lowest BCUT2D eigenvalue weighted by atomic mass is 10.1. The van der Waals surface area contributed by atoms with E-state index < -0.39 is 0 Å². The van der Waals surface area contributed by atoms with E-state index in [1.165, 1.54) is 0 Å². The molecule has 0 bridgehead atoms. The number of hydrogen-bond acceptors (Lipinski definition) is 3. The van der Waals surface area contributed by atoms with Crippen molar-refractivity contribution in [2.24, 2.45) is 0 Å². The first-order chi connectivity index (χ1) is 11.1. The van der Waals surface area contributed by atoms with Crippen LogP contribution in [0.3, 0.4) is 0 Å². The molecule has 2 rings (SSSR count). The van der Waals surface area contributed by atoms with Crippen molar-refractivity contribution in [2.75, 3.05) is 18.1 Å². The molecule has 5 heteroatoms. The molecule has 0 saturated carbocycles. The fraction of sp³-hybridized carbons (Fsp3) is 0.222. The highest BCUT2D eigenvalue weighted by atomic mass is 32.2. The molecule has 0 aromatic heterocycles. The normalized spacial score (nSPS) is 10.2. The van der Waals surface area contributed by atoms with Gasteiger partial charge in [0.1, 0.15) is 0 Å². The number of Topliss-reactive ketones (excluding diaryl/α,β-unsaturated/α-hetero) is 1. The van der Waals surface area contributed by atoms with Gasteiger partial charge in [0.2, 0.25) is 0 Å². The second kappa shape index (κ2) is 8.39. The minimum atomic E-state index is -0.306. The van der Waals surface area contributed by atoms with Crippen LogP contribution in [0.4, 0.5) is 10.5 Å². The van der Waals surface area contributed by atoms with Crippen LogP contribution in [0.2, 0.25) is 0 Å². The van der Waals surface area contributed by atoms with Gasteiger partial charge >= 0.3 is 6.03 Å². The van der Waals surface area contributed by atoms with Crippen LogP contribution in [0.15, 0.2) is 53.4 Å². The molecule has 0 aliphatic carbocycles. The summed E-state index contributed by atoms with van der Waals surface area (Å²) in [5, 5.41) is 5.47. The van der Waals surface area contributed by atoms with Crippen molar-refractivity contribution in [3.63, 3.8) is 0 Å². The largest absolute Gasteiger partial charge is 0.337 e. The third-order valence-corrected chi connectivity index (χ3v) is 4.06. The zero-order valence-corrected chi connectivity index (χ0v) is 14.1. The number of rotatable bonds is 6. The Hall–Kier alpha value is -2.27. The second-order valence-corrected chi connectivity index (χ2v) is 6.03. The fourth-order valence-electron chi connectivity index (χ4n) is 2.05. The maximum absolute atomic E-state index is 12.0. The van der Waals surface area contributed by atoms with Gasteiger partial charge < -0.3 is 10.6 Å². The quantitative estimate of drug-likeness (QED) is 0.620. The molecule has 120 valence electrons. The first-order valence-corrected chi connectivity index (χ1v) is 8.60. The van der Waals surface area contributed by atoms with Crippen molar-refractivity contribution in [3.05, 3.63) is 59.7 Å². The van der Waals surface area contributed by atoms with Gasteiger partial charge in [0.25, 0.3) is 0 Å². The van der Waals surface area contributed by atoms with Gasteiger partial charge in [-0.3, -0.25) is 4.79 Å². The Kier molecular flexibility index (Phi) is 6.23. The lowest BCUT2D eigenvalue weighted by Gasteiger charge is -2.08. The monoisotopic (exact) mass is 328 g/mol. The summed E-state index contributed by atoms with van der Waals surface area (Å²) >= 11 is 1.61. The zero-order valence-electron chi connectivity index (χ0n) is 13.3. The van der Waals surface area contributed by atoms with Gasteiger partial charge in [-0.15, -0.1) is 11.8 Å². The summed E-state index contributed by atoms with van der Waals surface area (Å²) < 4.78 is 0. The molecule has 2 aromatic rings. The molecule has 0 atom stereocenters. The van der Waals surface area contributed by atoms with Crippen molar-refractivity contribution in [1.82, 2.24) is 5.32 Å². The molecule has 0 aliphatic heterocycles. The Balaban J connectivity index is 1.78. The Morgan fingerprint density at radius 3 is 2.52 bits per heavy atom. The van der Waals surface area contributed by atoms with Gasteiger partial charge in [0, 0.05) is 29.1 Å². The van der Waals surface area contributed by atoms with E-state index in [-0.39, 0.29) is 18.2 Å². The standard InChI is InChI=1S/C18H20N2O2S/c1-13-6-8-14(9-7-13)17(21)10-11-19-18(22)20-15-4-3-5-16(12-15)23-2/h3-9,12H,10-11H2,1-2H3,(H2,19,20,22). The lowest BCUT2D eigenvalue weighted by molar-refractivity contribution is 0.0984. The molecule has 0 heterocycles. The SMILES string of the molecule is CSc1cccc(NC(=O)NCCC(=O)c2ccc(C)cc2)c1. The van der Waals surface area contributed by atoms with E-state index in [4.69, 9.17) is 0 Å². The van der Waals surface area contributed by atoms with Crippen molar-refractivity contribution in [3.8, 4) is 0 Å². The first kappa shape index (κ1) is 17.1. The van der Waals surface area contributed by atoms with Gasteiger partial charge in [-0.25, -0.2) is 4.79 Å². The number of nitrogens with one attached hydrogen (secondary N) is 2. The minimum absolute atomic E-state index is 0.0229. The summed E-state index contributed by atoms with van der Waals surface area (Å²) in [5.74, 6) is 0.0229. The number of anilines is 1. The van der Waals surface area contributed by atoms with Crippen LogP contribution in [0.5, 0.6) is 0 Å². The molecular formula is C18H20N2O2S. The summed E-state index contributed by atoms with van der Waals surface area (Å²) in [6.07, 6.45) is 2.26. The maximum atomic E-state index is 12.0. The average molecular weight is 328 g/mol. The number of aryl methyl sites for hydroxylation is 1. The highest BCUT2D eigenvalue weighted by Gasteiger charge is 2.07. The molecular weight excluding hydrogens is 308 g/mol. The predicted octanol–water partition coefficient (Wildman–Crippen LogP) is 4.11. The summed E-state index contributed by atoms with van der Waals surface area (Å²) in [6.45, 7) is 2.28. The van der Waals surface area contributed by atoms with E-state index in [9.17, 15) is 9.59 Å². The summed E-state index contributed by atoms with van der Waals surface area (Å²) in [6, 6.07) is 14.7. The molecule has 2 amide bonds. The Morgan fingerprint density at radius 2 is 1.83 bits per heavy atom. The van der Waals surface area contributed by atoms with Crippen LogP contribution >= 0.6 is 11.8 Å². The van der Waals surface area contributed by atoms with Gasteiger partial charge in [-0.1, -0.05) is 35.9 Å². The van der Waals surface area contributed by atoms with Gasteiger partial charge in [-0.05, 0) is 31.4 Å². The molecule has 0 saturated heterocycles. The Labute approximate surface area is 140 Å². The van der Waals surface area contributed by atoms with Crippen LogP contribution in [-0.2, 0) is 0 Å². The van der Waals surface area contributed by atoms with Crippen molar-refractivity contribution in [1.29, 1.82) is 0 Å². The Bertz CT molecular complexity index is 684. The molecule has 0 aliphatic rings. The summed E-state index contributed by atoms with van der Waals surface area (Å²) in [7, 11) is 0. The summed E-state index contributed by atoms with van der Waals surface area (Å²) in [4.78, 5) is 24.9. The number of carbonyl (C=O) groups is 2. The molecule has 0 radical (unpaired) electrons. The molecule has 0 spiro atoms. The third kappa shape index (κ3) is 5.45. The van der Waals surface area contributed by atoms with Crippen LogP contribution in [0.25, 0.3) is 0 Å². The van der Waals surface area contributed by atoms with Crippen LogP contribution < -0.4 is 10.6 Å². The van der Waals surface area contributed by atoms with Crippen LogP contribution in [0, 0.1) is 6.92 Å². The maximum Gasteiger partial charge on any atom is 0.319 e. The number of ketones is 1. The van der Waals surface area contributed by atoms with E-state index in [0.717, 1.165) is 16.1 Å². The van der Waals surface area contributed by atoms with E-state index in [2.05, 4.69) is 10.6 Å². The van der Waals surface area contributed by atoms with Gasteiger partial charge in [-0.2, -0.15) is 0 Å². The smallest absolute Gasteiger partial charge is 0.319 e. The molecule has 2 N–H and O–H groups in total. The van der Waals surface area contributed by atoms with Crippen LogP contribution in [0.1, 0.15) is 22.3 Å². The predicted molar refractivity (Wildman–Crippen MR) is 95.4 cm³/mol. The molecule has 0 unspecified atom stereocenters. The fourth-order valence-corrected chi connectivity index (χ4v) is 2.51. The van der Waals surface area contributed by atoms with Crippen molar-refractivity contribution < 1.29 is 9.59 Å². The van der Waals surface area contributed by atoms with Crippen molar-refractivity contribution in [2.45, 2.75) is 18.2 Å². The van der Waals surface area contributed by atoms with Crippen LogP contribution in [-0.4, -0.2) is 24.6 Å². The average Bonchev–Trinajstić information content (AvgIpc) is 2.55. The number of hydrogen-bond donors (Lipinski definition) is 2. The summed E-state index contributed by atoms with van der Waals surface area (Å²) in [5.41, 5.74) is 2.52. The topological polar surface area (TPSA) is 58.2 Å². The van der Waals surface area contributed by atoms with E-state index in [1.54, 1.807) is 11.8 Å². The number of urea groups is 1. The third-order valence-electron chi connectivity index (χ3n) is 3.34. The molecule has 2 aromatic carbocycles.